The van der Waals surface area contributed by atoms with Crippen LogP contribution in [0.15, 0.2) is 23.2 Å². The third-order valence-corrected chi connectivity index (χ3v) is 4.19. The third-order valence-electron chi connectivity index (χ3n) is 2.87. The van der Waals surface area contributed by atoms with Crippen molar-refractivity contribution >= 4 is 40.7 Å². The summed E-state index contributed by atoms with van der Waals surface area (Å²) in [6.07, 6.45) is -4.04. The van der Waals surface area contributed by atoms with Gasteiger partial charge in [-0.15, -0.1) is 0 Å². The third kappa shape index (κ3) is 4.25. The first-order chi connectivity index (χ1) is 11.8. The van der Waals surface area contributed by atoms with Crippen LogP contribution in [-0.2, 0) is 6.18 Å². The van der Waals surface area contributed by atoms with Crippen molar-refractivity contribution < 1.29 is 26.3 Å². The van der Waals surface area contributed by atoms with E-state index in [0.717, 1.165) is 0 Å². The average Bonchev–Trinajstić information content (AvgIpc) is 2.86. The summed E-state index contributed by atoms with van der Waals surface area (Å²) in [6, 6.07) is 2.38. The van der Waals surface area contributed by atoms with Gasteiger partial charge in [0.1, 0.15) is 17.5 Å². The van der Waals surface area contributed by atoms with Gasteiger partial charge in [-0.05, 0) is 23.9 Å². The van der Waals surface area contributed by atoms with Gasteiger partial charge in [0.05, 0.1) is 26.7 Å². The van der Waals surface area contributed by atoms with Gasteiger partial charge < -0.3 is 0 Å². The van der Waals surface area contributed by atoms with E-state index in [-0.39, 0.29) is 5.69 Å². The minimum Gasteiger partial charge on any atom is -0.288 e. The van der Waals surface area contributed by atoms with Crippen molar-refractivity contribution in [2.45, 2.75) is 16.6 Å². The summed E-state index contributed by atoms with van der Waals surface area (Å²) in [5, 5.41) is 18.9. The molecule has 0 spiro atoms. The lowest BCUT2D eigenvalue weighted by Gasteiger charge is -2.14. The Hall–Kier alpha value is -1.90. The normalized spacial score (nSPS) is 12.1. The molecule has 1 aromatic heterocycles. The minimum absolute atomic E-state index is 0.384. The number of nitrogens with one attached hydrogen (secondary N) is 1. The Kier molecular flexibility index (Phi) is 5.51. The smallest absolute Gasteiger partial charge is 0.288 e. The van der Waals surface area contributed by atoms with Crippen LogP contribution in [0.2, 0.25) is 10.0 Å². The van der Waals surface area contributed by atoms with Crippen molar-refractivity contribution in [3.8, 4) is 11.8 Å². The van der Waals surface area contributed by atoms with Crippen LogP contribution in [0.3, 0.4) is 0 Å². The topological polar surface area (TPSA) is 65.5 Å². The fourth-order valence-corrected chi connectivity index (χ4v) is 3.20. The number of thioether (sulfide) groups is 1. The molecule has 0 bridgehead atoms. The van der Waals surface area contributed by atoms with Gasteiger partial charge in [-0.3, -0.25) is 5.41 Å². The Balaban J connectivity index is 2.70. The van der Waals surface area contributed by atoms with Gasteiger partial charge in [0, 0.05) is 0 Å². The Bertz CT molecular complexity index is 890. The summed E-state index contributed by atoms with van der Waals surface area (Å²) >= 11 is 11.0. The van der Waals surface area contributed by atoms with E-state index in [1.165, 1.54) is 6.07 Å². The molecule has 26 heavy (non-hydrogen) atoms. The molecule has 1 N–H and O–H groups in total. The number of benzene rings is 1. The van der Waals surface area contributed by atoms with E-state index in [4.69, 9.17) is 33.9 Å². The van der Waals surface area contributed by atoms with Crippen LogP contribution in [-0.4, -0.2) is 21.0 Å². The quantitative estimate of drug-likeness (QED) is 0.384. The summed E-state index contributed by atoms with van der Waals surface area (Å²) in [5.41, 5.74) is -7.80. The Labute approximate surface area is 155 Å². The molecular weight excluding hydrogens is 429 g/mol. The van der Waals surface area contributed by atoms with Gasteiger partial charge in [0.2, 0.25) is 0 Å². The van der Waals surface area contributed by atoms with Gasteiger partial charge >= 0.3 is 11.7 Å². The number of nitrogens with zero attached hydrogens (tertiary/aromatic N) is 3. The monoisotopic (exact) mass is 432 g/mol. The summed E-state index contributed by atoms with van der Waals surface area (Å²) in [4.78, 5) is -0.601. The van der Waals surface area contributed by atoms with Crippen LogP contribution < -0.4 is 0 Å². The van der Waals surface area contributed by atoms with E-state index < -0.39 is 55.4 Å². The molecule has 1 aromatic carbocycles. The molecule has 0 aliphatic rings. The van der Waals surface area contributed by atoms with Gasteiger partial charge in [-0.1, -0.05) is 23.2 Å². The fraction of sp³-hybridized carbons (Fsp3) is 0.154. The molecule has 0 amide bonds. The lowest BCUT2D eigenvalue weighted by molar-refractivity contribution is -0.137. The predicted octanol–water partition coefficient (Wildman–Crippen LogP) is 5.70. The Morgan fingerprint density at radius 1 is 1.15 bits per heavy atom. The van der Waals surface area contributed by atoms with Gasteiger partial charge in [0.25, 0.3) is 0 Å². The maximum absolute atomic E-state index is 12.8. The van der Waals surface area contributed by atoms with Crippen molar-refractivity contribution in [1.82, 2.24) is 9.78 Å². The number of halogens is 8. The molecule has 0 saturated carbocycles. The molecule has 1 heterocycles. The highest BCUT2D eigenvalue weighted by molar-refractivity contribution is 8.00. The van der Waals surface area contributed by atoms with Crippen molar-refractivity contribution in [3.05, 3.63) is 39.6 Å². The first-order valence-corrected chi connectivity index (χ1v) is 7.81. The van der Waals surface area contributed by atoms with Crippen LogP contribution in [0.1, 0.15) is 11.3 Å². The van der Waals surface area contributed by atoms with Crippen LogP contribution in [0, 0.1) is 16.7 Å². The summed E-state index contributed by atoms with van der Waals surface area (Å²) < 4.78 is 76.9. The van der Waals surface area contributed by atoms with Crippen LogP contribution in [0.4, 0.5) is 26.3 Å². The Morgan fingerprint density at radius 2 is 1.69 bits per heavy atom. The maximum atomic E-state index is 12.8. The second kappa shape index (κ2) is 7.02. The fourth-order valence-electron chi connectivity index (χ4n) is 1.92. The Morgan fingerprint density at radius 3 is 2.12 bits per heavy atom. The van der Waals surface area contributed by atoms with E-state index in [9.17, 15) is 26.3 Å². The molecular formula is C13H4Cl2F6N4S. The summed E-state index contributed by atoms with van der Waals surface area (Å²) in [6.45, 7) is 0. The van der Waals surface area contributed by atoms with Gasteiger partial charge in [-0.25, -0.2) is 4.68 Å². The number of aromatic nitrogens is 2. The maximum Gasteiger partial charge on any atom is 0.446 e. The van der Waals surface area contributed by atoms with Gasteiger partial charge in [-0.2, -0.15) is 36.7 Å². The highest BCUT2D eigenvalue weighted by Gasteiger charge is 2.35. The summed E-state index contributed by atoms with van der Waals surface area (Å²) in [7, 11) is 0. The summed E-state index contributed by atoms with van der Waals surface area (Å²) in [5.74, 6) is 0. The molecule has 13 heteroatoms. The SMILES string of the molecule is N#CC(=N)c1c(SC(F)(F)F)cnn1-c1c(Cl)cc(C(F)(F)F)cc1Cl. The van der Waals surface area contributed by atoms with E-state index >= 15 is 0 Å². The zero-order chi connectivity index (χ0) is 19.9. The average molecular weight is 433 g/mol. The highest BCUT2D eigenvalue weighted by Crippen LogP contribution is 2.41. The van der Waals surface area contributed by atoms with Crippen molar-refractivity contribution in [2.24, 2.45) is 0 Å². The van der Waals surface area contributed by atoms with Crippen LogP contribution in [0.5, 0.6) is 0 Å². The number of alkyl halides is 6. The van der Waals surface area contributed by atoms with E-state index in [2.05, 4.69) is 5.10 Å². The molecule has 0 aliphatic carbocycles. The second-order valence-corrected chi connectivity index (χ2v) is 6.51. The molecule has 0 unspecified atom stereocenters. The second-order valence-electron chi connectivity index (χ2n) is 4.59. The molecule has 0 aliphatic heterocycles. The standard InChI is InChI=1S/C13H4Cl2F6N4S/c14-6-1-5(12(16,17)18)2-7(15)10(6)25-11(8(23)3-22)9(4-24-25)26-13(19,20)21/h1-2,4,23H. The zero-order valence-electron chi connectivity index (χ0n) is 12.0. The predicted molar refractivity (Wildman–Crippen MR) is 82.9 cm³/mol. The van der Waals surface area contributed by atoms with Crippen molar-refractivity contribution in [1.29, 1.82) is 10.7 Å². The van der Waals surface area contributed by atoms with Crippen LogP contribution >= 0.6 is 35.0 Å². The number of hydrogen-bond acceptors (Lipinski definition) is 4. The van der Waals surface area contributed by atoms with E-state index in [1.807, 2.05) is 0 Å². The number of nitriles is 1. The van der Waals surface area contributed by atoms with E-state index in [0.29, 0.717) is 23.0 Å². The van der Waals surface area contributed by atoms with Crippen molar-refractivity contribution in [3.63, 3.8) is 0 Å². The molecule has 0 radical (unpaired) electrons. The minimum atomic E-state index is -4.75. The van der Waals surface area contributed by atoms with Gasteiger partial charge in [0.15, 0.2) is 5.71 Å². The highest BCUT2D eigenvalue weighted by atomic mass is 35.5. The van der Waals surface area contributed by atoms with E-state index in [1.54, 1.807) is 0 Å². The lowest BCUT2D eigenvalue weighted by Crippen LogP contribution is -2.12. The first kappa shape index (κ1) is 20.4. The zero-order valence-corrected chi connectivity index (χ0v) is 14.3. The molecule has 2 rings (SSSR count). The molecule has 4 nitrogen and oxygen atoms in total. The number of hydrogen-bond donors (Lipinski definition) is 1. The largest absolute Gasteiger partial charge is 0.446 e. The lowest BCUT2D eigenvalue weighted by atomic mass is 10.2. The van der Waals surface area contributed by atoms with Crippen molar-refractivity contribution in [2.75, 3.05) is 0 Å². The molecule has 2 aromatic rings. The molecule has 0 atom stereocenters. The molecule has 138 valence electrons. The molecule has 0 saturated heterocycles. The first-order valence-electron chi connectivity index (χ1n) is 6.24. The number of rotatable bonds is 3. The molecule has 0 fully saturated rings. The van der Waals surface area contributed by atoms with Crippen LogP contribution in [0.25, 0.3) is 5.69 Å².